The minimum Gasteiger partial charge on any atom is -0.339 e. The number of fused-ring (bicyclic) bond motifs is 1. The van der Waals surface area contributed by atoms with Crippen LogP contribution in [0.25, 0.3) is 0 Å². The first-order valence-corrected chi connectivity index (χ1v) is 8.46. The summed E-state index contributed by atoms with van der Waals surface area (Å²) in [7, 11) is 0. The first-order valence-electron chi connectivity index (χ1n) is 8.46. The van der Waals surface area contributed by atoms with Crippen molar-refractivity contribution in [3.05, 3.63) is 53.3 Å². The second-order valence-corrected chi connectivity index (χ2v) is 6.51. The number of nitrogens with one attached hydrogen (secondary N) is 2. The summed E-state index contributed by atoms with van der Waals surface area (Å²) < 4.78 is 0. The summed E-state index contributed by atoms with van der Waals surface area (Å²) in [6.07, 6.45) is 6.73. The summed E-state index contributed by atoms with van der Waals surface area (Å²) in [4.78, 5) is 62.0. The molecule has 8 heteroatoms. The number of amides is 4. The molecule has 0 spiro atoms. The predicted molar refractivity (Wildman–Crippen MR) is 94.0 cm³/mol. The van der Waals surface area contributed by atoms with Gasteiger partial charge in [0.2, 0.25) is 11.8 Å². The fourth-order valence-electron chi connectivity index (χ4n) is 3.58. The zero-order chi connectivity index (χ0) is 19.1. The summed E-state index contributed by atoms with van der Waals surface area (Å²) in [5, 5.41) is 4.56. The average Bonchev–Trinajstić information content (AvgIpc) is 2.78. The molecule has 2 N–H and O–H groups in total. The van der Waals surface area contributed by atoms with E-state index in [-0.39, 0.29) is 42.2 Å². The molecular weight excluding hydrogens is 350 g/mol. The number of carbonyl (C=O) groups excluding carboxylic acids is 5. The highest BCUT2D eigenvalue weighted by molar-refractivity contribution is 6.24. The van der Waals surface area contributed by atoms with Gasteiger partial charge in [0.15, 0.2) is 5.78 Å². The van der Waals surface area contributed by atoms with E-state index in [4.69, 9.17) is 0 Å². The smallest absolute Gasteiger partial charge is 0.261 e. The Morgan fingerprint density at radius 1 is 0.963 bits per heavy atom. The maximum Gasteiger partial charge on any atom is 0.261 e. The Bertz CT molecular complexity index is 976. The minimum absolute atomic E-state index is 0.0365. The van der Waals surface area contributed by atoms with Gasteiger partial charge in [-0.25, -0.2) is 0 Å². The quantitative estimate of drug-likeness (QED) is 0.740. The molecule has 1 atom stereocenters. The van der Waals surface area contributed by atoms with Crippen LogP contribution in [0.4, 0.5) is 5.69 Å². The van der Waals surface area contributed by atoms with E-state index in [9.17, 15) is 24.0 Å². The van der Waals surface area contributed by atoms with Crippen molar-refractivity contribution in [1.82, 2.24) is 10.6 Å². The van der Waals surface area contributed by atoms with Gasteiger partial charge in [0, 0.05) is 12.6 Å². The van der Waals surface area contributed by atoms with E-state index in [0.717, 1.165) is 0 Å². The van der Waals surface area contributed by atoms with Crippen molar-refractivity contribution in [2.24, 2.45) is 0 Å². The molecule has 0 bridgehead atoms. The molecule has 0 saturated carbocycles. The second-order valence-electron chi connectivity index (χ2n) is 6.51. The Kier molecular flexibility index (Phi) is 3.95. The largest absolute Gasteiger partial charge is 0.339 e. The van der Waals surface area contributed by atoms with Crippen LogP contribution in [0.15, 0.2) is 36.6 Å². The van der Waals surface area contributed by atoms with Gasteiger partial charge in [-0.2, -0.15) is 0 Å². The van der Waals surface area contributed by atoms with Crippen LogP contribution < -0.4 is 15.5 Å². The molecule has 0 radical (unpaired) electrons. The maximum absolute atomic E-state index is 12.4. The predicted octanol–water partition coefficient (Wildman–Crippen LogP) is 0.549. The zero-order valence-electron chi connectivity index (χ0n) is 14.2. The Morgan fingerprint density at radius 3 is 2.56 bits per heavy atom. The van der Waals surface area contributed by atoms with Crippen LogP contribution in [0, 0.1) is 0 Å². The number of hydrogen-bond donors (Lipinski definition) is 2. The molecule has 1 aromatic carbocycles. The molecule has 136 valence electrons. The molecule has 3 aliphatic rings. The second kappa shape index (κ2) is 6.31. The van der Waals surface area contributed by atoms with Crippen LogP contribution in [0.3, 0.4) is 0 Å². The number of nitrogens with zero attached hydrogens (tertiary/aromatic N) is 1. The van der Waals surface area contributed by atoms with E-state index >= 15 is 0 Å². The summed E-state index contributed by atoms with van der Waals surface area (Å²) in [6.45, 7) is -0.0365. The topological polar surface area (TPSA) is 113 Å². The van der Waals surface area contributed by atoms with E-state index in [0.29, 0.717) is 11.3 Å². The fourth-order valence-corrected chi connectivity index (χ4v) is 3.58. The summed E-state index contributed by atoms with van der Waals surface area (Å²) in [5.41, 5.74) is 1.19. The van der Waals surface area contributed by atoms with Crippen molar-refractivity contribution < 1.29 is 24.0 Å². The highest BCUT2D eigenvalue weighted by Crippen LogP contribution is 2.39. The molecule has 27 heavy (non-hydrogen) atoms. The zero-order valence-corrected chi connectivity index (χ0v) is 14.2. The lowest BCUT2D eigenvalue weighted by molar-refractivity contribution is -0.134. The molecule has 4 rings (SSSR count). The third-order valence-electron chi connectivity index (χ3n) is 4.80. The molecule has 3 aliphatic heterocycles. The van der Waals surface area contributed by atoms with Crippen LogP contribution in [0.1, 0.15) is 45.0 Å². The van der Waals surface area contributed by atoms with Gasteiger partial charge < -0.3 is 4.90 Å². The van der Waals surface area contributed by atoms with Crippen LogP contribution in [0.5, 0.6) is 0 Å². The third-order valence-corrected chi connectivity index (χ3v) is 4.80. The van der Waals surface area contributed by atoms with Gasteiger partial charge in [-0.1, -0.05) is 12.1 Å². The maximum atomic E-state index is 12.4. The number of carbonyl (C=O) groups is 5. The number of ketones is 1. The standard InChI is InChI=1S/C19H15N3O5/c23-10-3-1-2-8-22(9-10)16-11(12-6-7-14(24)20-17(12)25)4-5-13-15(16)19(27)21-18(13)26/h1-5,8,12H,6-7,9H2,(H,20,24,25)(H,21,26,27). The highest BCUT2D eigenvalue weighted by atomic mass is 16.2. The van der Waals surface area contributed by atoms with Crippen LogP contribution in [0.2, 0.25) is 0 Å². The SMILES string of the molecule is O=C1C=CC=CN(c2c(C3CCC(=O)NC3=O)ccc3c2C(=O)NC3=O)C1. The monoisotopic (exact) mass is 365 g/mol. The molecule has 0 aliphatic carbocycles. The van der Waals surface area contributed by atoms with E-state index in [2.05, 4.69) is 10.6 Å². The van der Waals surface area contributed by atoms with Crippen molar-refractivity contribution in [2.45, 2.75) is 18.8 Å². The molecule has 1 fully saturated rings. The molecule has 1 unspecified atom stereocenters. The van der Waals surface area contributed by atoms with Crippen molar-refractivity contribution in [1.29, 1.82) is 0 Å². The average molecular weight is 365 g/mol. The van der Waals surface area contributed by atoms with Crippen molar-refractivity contribution in [2.75, 3.05) is 11.4 Å². The van der Waals surface area contributed by atoms with Crippen LogP contribution in [-0.2, 0) is 14.4 Å². The van der Waals surface area contributed by atoms with Crippen LogP contribution in [-0.4, -0.2) is 36.0 Å². The Labute approximate surface area is 153 Å². The van der Waals surface area contributed by atoms with E-state index < -0.39 is 23.6 Å². The first-order chi connectivity index (χ1) is 13.0. The molecule has 1 saturated heterocycles. The van der Waals surface area contributed by atoms with Gasteiger partial charge >= 0.3 is 0 Å². The highest BCUT2D eigenvalue weighted by Gasteiger charge is 2.37. The van der Waals surface area contributed by atoms with Gasteiger partial charge in [0.25, 0.3) is 11.8 Å². The molecule has 4 amide bonds. The Morgan fingerprint density at radius 2 is 1.78 bits per heavy atom. The normalized spacial score (nSPS) is 21.9. The molecule has 8 nitrogen and oxygen atoms in total. The molecule has 1 aromatic rings. The van der Waals surface area contributed by atoms with E-state index in [1.165, 1.54) is 12.1 Å². The lowest BCUT2D eigenvalue weighted by Gasteiger charge is -2.29. The number of allylic oxidation sites excluding steroid dienone is 2. The minimum atomic E-state index is -0.661. The van der Waals surface area contributed by atoms with E-state index in [1.807, 2.05) is 0 Å². The number of imide groups is 2. The summed E-state index contributed by atoms with van der Waals surface area (Å²) in [5.74, 6) is -2.74. The summed E-state index contributed by atoms with van der Waals surface area (Å²) >= 11 is 0. The van der Waals surface area contributed by atoms with Crippen molar-refractivity contribution >= 4 is 35.1 Å². The van der Waals surface area contributed by atoms with Gasteiger partial charge in [-0.3, -0.25) is 34.6 Å². The fraction of sp³-hybridized carbons (Fsp3) is 0.211. The third kappa shape index (κ3) is 2.84. The van der Waals surface area contributed by atoms with Gasteiger partial charge in [-0.15, -0.1) is 0 Å². The van der Waals surface area contributed by atoms with Gasteiger partial charge in [0.1, 0.15) is 0 Å². The van der Waals surface area contributed by atoms with Gasteiger partial charge in [0.05, 0.1) is 29.3 Å². The molecule has 0 aromatic heterocycles. The lowest BCUT2D eigenvalue weighted by atomic mass is 9.86. The number of rotatable bonds is 2. The molecular formula is C19H15N3O5. The number of hydrogen-bond acceptors (Lipinski definition) is 6. The Hall–Kier alpha value is -3.55. The van der Waals surface area contributed by atoms with E-state index in [1.54, 1.807) is 29.3 Å². The van der Waals surface area contributed by atoms with Crippen molar-refractivity contribution in [3.8, 4) is 0 Å². The number of benzene rings is 1. The Balaban J connectivity index is 1.89. The molecule has 3 heterocycles. The number of piperidine rings is 1. The van der Waals surface area contributed by atoms with Crippen LogP contribution >= 0.6 is 0 Å². The van der Waals surface area contributed by atoms with Crippen molar-refractivity contribution in [3.63, 3.8) is 0 Å². The number of anilines is 1. The lowest BCUT2D eigenvalue weighted by Crippen LogP contribution is -2.40. The summed E-state index contributed by atoms with van der Waals surface area (Å²) in [6, 6.07) is 3.11. The first kappa shape index (κ1) is 16.9. The van der Waals surface area contributed by atoms with Gasteiger partial charge in [-0.05, 0) is 30.2 Å².